The number of halogens is 1. The average molecular weight is 376 g/mol. The van der Waals surface area contributed by atoms with E-state index in [1.165, 1.54) is 0 Å². The van der Waals surface area contributed by atoms with Gasteiger partial charge in [-0.3, -0.25) is 0 Å². The van der Waals surface area contributed by atoms with Gasteiger partial charge >= 0.3 is 0 Å². The predicted molar refractivity (Wildman–Crippen MR) is 84.2 cm³/mol. The maximum atomic E-state index is 12.1. The molecule has 2 aromatic rings. The van der Waals surface area contributed by atoms with Gasteiger partial charge in [0.15, 0.2) is 0 Å². The van der Waals surface area contributed by atoms with Crippen LogP contribution in [0.5, 0.6) is 0 Å². The standard InChI is InChI=1S/C13H14BrNO3S2/c14-12-5-1-2-6-13(12)20(16,17)15-7-9-19-10-11-4-3-8-18-11/h1-6,8,15H,7,9-10H2. The zero-order valence-corrected chi connectivity index (χ0v) is 13.8. The van der Waals surface area contributed by atoms with Crippen LogP contribution in [0.25, 0.3) is 0 Å². The minimum absolute atomic E-state index is 0.260. The highest BCUT2D eigenvalue weighted by Crippen LogP contribution is 2.20. The summed E-state index contributed by atoms with van der Waals surface area (Å²) in [7, 11) is -3.46. The van der Waals surface area contributed by atoms with E-state index in [0.29, 0.717) is 16.8 Å². The van der Waals surface area contributed by atoms with Crippen LogP contribution in [0.3, 0.4) is 0 Å². The van der Waals surface area contributed by atoms with E-state index in [9.17, 15) is 8.42 Å². The number of nitrogens with one attached hydrogen (secondary N) is 1. The SMILES string of the molecule is O=S(=O)(NCCSCc1ccco1)c1ccccc1Br. The van der Waals surface area contributed by atoms with Crippen molar-refractivity contribution in [2.24, 2.45) is 0 Å². The molecule has 0 radical (unpaired) electrons. The Hall–Kier alpha value is -0.760. The van der Waals surface area contributed by atoms with Crippen molar-refractivity contribution in [2.45, 2.75) is 10.6 Å². The highest BCUT2D eigenvalue weighted by atomic mass is 79.9. The molecule has 0 aliphatic carbocycles. The fraction of sp³-hybridized carbons (Fsp3) is 0.231. The van der Waals surface area contributed by atoms with Gasteiger partial charge in [0.05, 0.1) is 16.9 Å². The third-order valence-electron chi connectivity index (χ3n) is 2.49. The van der Waals surface area contributed by atoms with Crippen LogP contribution in [0.15, 0.2) is 56.4 Å². The molecule has 0 unspecified atom stereocenters. The van der Waals surface area contributed by atoms with Gasteiger partial charge in [0.1, 0.15) is 5.76 Å². The van der Waals surface area contributed by atoms with Gasteiger partial charge in [-0.15, -0.1) is 0 Å². The van der Waals surface area contributed by atoms with Gasteiger partial charge < -0.3 is 4.42 Å². The molecule has 7 heteroatoms. The molecular weight excluding hydrogens is 362 g/mol. The van der Waals surface area contributed by atoms with E-state index in [1.807, 2.05) is 12.1 Å². The van der Waals surface area contributed by atoms with Crippen molar-refractivity contribution in [3.05, 3.63) is 52.9 Å². The molecule has 0 amide bonds. The molecule has 0 spiro atoms. The molecule has 108 valence electrons. The molecule has 0 fully saturated rings. The Kier molecular flexibility index (Phi) is 5.71. The monoisotopic (exact) mass is 375 g/mol. The second-order valence-electron chi connectivity index (χ2n) is 3.96. The van der Waals surface area contributed by atoms with E-state index in [-0.39, 0.29) is 4.90 Å². The summed E-state index contributed by atoms with van der Waals surface area (Å²) in [4.78, 5) is 0.260. The lowest BCUT2D eigenvalue weighted by atomic mass is 10.4. The lowest BCUT2D eigenvalue weighted by Gasteiger charge is -2.07. The van der Waals surface area contributed by atoms with Gasteiger partial charge in [-0.1, -0.05) is 12.1 Å². The molecule has 0 bridgehead atoms. The molecule has 1 N–H and O–H groups in total. The van der Waals surface area contributed by atoms with Crippen molar-refractivity contribution in [1.29, 1.82) is 0 Å². The van der Waals surface area contributed by atoms with Crippen LogP contribution in [0.1, 0.15) is 5.76 Å². The number of hydrogen-bond acceptors (Lipinski definition) is 4. The van der Waals surface area contributed by atoms with Crippen LogP contribution in [0, 0.1) is 0 Å². The summed E-state index contributed by atoms with van der Waals surface area (Å²) < 4.78 is 32.5. The Balaban J connectivity index is 1.80. The van der Waals surface area contributed by atoms with Crippen molar-refractivity contribution in [3.63, 3.8) is 0 Å². The van der Waals surface area contributed by atoms with Crippen LogP contribution < -0.4 is 4.72 Å². The molecule has 0 aliphatic rings. The number of sulfonamides is 1. The largest absolute Gasteiger partial charge is 0.468 e. The molecule has 1 heterocycles. The van der Waals surface area contributed by atoms with Gasteiger partial charge in [0.2, 0.25) is 10.0 Å². The molecular formula is C13H14BrNO3S2. The van der Waals surface area contributed by atoms with Crippen molar-refractivity contribution in [1.82, 2.24) is 4.72 Å². The number of benzene rings is 1. The zero-order valence-electron chi connectivity index (χ0n) is 10.6. The lowest BCUT2D eigenvalue weighted by Crippen LogP contribution is -2.26. The van der Waals surface area contributed by atoms with E-state index in [1.54, 1.807) is 42.3 Å². The van der Waals surface area contributed by atoms with Crippen molar-refractivity contribution < 1.29 is 12.8 Å². The highest BCUT2D eigenvalue weighted by molar-refractivity contribution is 9.10. The molecule has 2 rings (SSSR count). The molecule has 0 saturated heterocycles. The Morgan fingerprint density at radius 1 is 1.20 bits per heavy atom. The molecule has 0 atom stereocenters. The first-order chi connectivity index (χ1) is 9.59. The second-order valence-corrected chi connectivity index (χ2v) is 7.66. The molecule has 0 aliphatic heterocycles. The number of furan rings is 1. The fourth-order valence-corrected chi connectivity index (χ4v) is 4.47. The first-order valence-corrected chi connectivity index (χ1v) is 9.37. The van der Waals surface area contributed by atoms with Crippen LogP contribution in [-0.2, 0) is 15.8 Å². The Morgan fingerprint density at radius 2 is 2.00 bits per heavy atom. The molecule has 20 heavy (non-hydrogen) atoms. The van der Waals surface area contributed by atoms with Crippen LogP contribution >= 0.6 is 27.7 Å². The van der Waals surface area contributed by atoms with Gasteiger partial charge in [-0.25, -0.2) is 13.1 Å². The van der Waals surface area contributed by atoms with Gasteiger partial charge in [-0.2, -0.15) is 11.8 Å². The number of rotatable bonds is 7. The quantitative estimate of drug-likeness (QED) is 0.754. The summed E-state index contributed by atoms with van der Waals surface area (Å²) >= 11 is 4.86. The lowest BCUT2D eigenvalue weighted by molar-refractivity contribution is 0.530. The van der Waals surface area contributed by atoms with Crippen molar-refractivity contribution >= 4 is 37.7 Å². The zero-order chi connectivity index (χ0) is 14.4. The van der Waals surface area contributed by atoms with E-state index < -0.39 is 10.0 Å². The summed E-state index contributed by atoms with van der Waals surface area (Å²) in [5.74, 6) is 2.32. The third-order valence-corrected chi connectivity index (χ3v) is 5.94. The third kappa shape index (κ3) is 4.37. The van der Waals surface area contributed by atoms with Crippen LogP contribution in [0.2, 0.25) is 0 Å². The van der Waals surface area contributed by atoms with Gasteiger partial charge in [-0.05, 0) is 40.2 Å². The minimum Gasteiger partial charge on any atom is -0.468 e. The molecule has 1 aromatic heterocycles. The van der Waals surface area contributed by atoms with Gasteiger partial charge in [0.25, 0.3) is 0 Å². The summed E-state index contributed by atoms with van der Waals surface area (Å²) in [6, 6.07) is 10.5. The number of hydrogen-bond donors (Lipinski definition) is 1. The highest BCUT2D eigenvalue weighted by Gasteiger charge is 2.15. The number of thioether (sulfide) groups is 1. The second kappa shape index (κ2) is 7.31. The molecule has 0 saturated carbocycles. The fourth-order valence-electron chi connectivity index (χ4n) is 1.56. The van der Waals surface area contributed by atoms with E-state index in [2.05, 4.69) is 20.7 Å². The van der Waals surface area contributed by atoms with Crippen molar-refractivity contribution in [2.75, 3.05) is 12.3 Å². The smallest absolute Gasteiger partial charge is 0.241 e. The maximum Gasteiger partial charge on any atom is 0.241 e. The van der Waals surface area contributed by atoms with E-state index in [0.717, 1.165) is 11.5 Å². The van der Waals surface area contributed by atoms with E-state index >= 15 is 0 Å². The Bertz CT molecular complexity index is 641. The van der Waals surface area contributed by atoms with Crippen LogP contribution in [-0.4, -0.2) is 20.7 Å². The normalized spacial score (nSPS) is 11.7. The van der Waals surface area contributed by atoms with E-state index in [4.69, 9.17) is 4.42 Å². The van der Waals surface area contributed by atoms with Crippen LogP contribution in [0.4, 0.5) is 0 Å². The first kappa shape index (κ1) is 15.6. The van der Waals surface area contributed by atoms with Crippen molar-refractivity contribution in [3.8, 4) is 0 Å². The summed E-state index contributed by atoms with van der Waals surface area (Å²) in [5, 5.41) is 0. The molecule has 4 nitrogen and oxygen atoms in total. The maximum absolute atomic E-state index is 12.1. The predicted octanol–water partition coefficient (Wildman–Crippen LogP) is 3.25. The Morgan fingerprint density at radius 3 is 2.70 bits per heavy atom. The topological polar surface area (TPSA) is 59.3 Å². The summed E-state index contributed by atoms with van der Waals surface area (Å²) in [6.07, 6.45) is 1.63. The average Bonchev–Trinajstić information content (AvgIpc) is 2.91. The molecule has 1 aromatic carbocycles. The van der Waals surface area contributed by atoms with Gasteiger partial charge in [0, 0.05) is 16.8 Å². The minimum atomic E-state index is -3.46. The first-order valence-electron chi connectivity index (χ1n) is 5.94. The summed E-state index contributed by atoms with van der Waals surface area (Å²) in [5.41, 5.74) is 0. The Labute approximate surface area is 131 Å². The summed E-state index contributed by atoms with van der Waals surface area (Å²) in [6.45, 7) is 0.384.